The lowest BCUT2D eigenvalue weighted by molar-refractivity contribution is 0.108. The molecule has 4 fully saturated rings. The lowest BCUT2D eigenvalue weighted by Gasteiger charge is -2.35. The molecule has 0 spiro atoms. The number of aryl methyl sites for hydroxylation is 1. The van der Waals surface area contributed by atoms with Crippen molar-refractivity contribution in [1.82, 2.24) is 30.0 Å². The number of terminal acetylenes is 1. The maximum Gasteiger partial charge on any atom is 0.319 e. The van der Waals surface area contributed by atoms with E-state index < -0.39 is 5.82 Å². The standard InChI is InChI=1S/C37H35F2N7O2/c1-3-26-30(39)8-5-22-11-25(47)12-27(32(22)26)28-13-31-33(29-19-44(2)43-34(28)29)35(45-17-23-6-7-24(18-45)40-23)42-36(41-31)48-20-37-9-4-10-46(37)16-21(14-37)15-38/h1,5,8,11-13,15,19,23-24,40,47H,4,6-7,9-10,14,16-18,20H2,2H3/b21-15-/t23-,24+,37-/m0/s1. The van der Waals surface area contributed by atoms with Gasteiger partial charge in [-0.25, -0.2) is 8.78 Å². The number of hydrogen-bond acceptors (Lipinski definition) is 8. The number of halogens is 2. The number of aromatic nitrogens is 4. The third-order valence-electron chi connectivity index (χ3n) is 10.8. The normalized spacial score (nSPS) is 24.7. The lowest BCUT2D eigenvalue weighted by atomic mass is 9.92. The van der Waals surface area contributed by atoms with Gasteiger partial charge in [-0.2, -0.15) is 15.1 Å². The number of rotatable bonds is 5. The van der Waals surface area contributed by atoms with Crippen LogP contribution in [0.5, 0.6) is 11.8 Å². The lowest BCUT2D eigenvalue weighted by Crippen LogP contribution is -2.51. The molecule has 11 heteroatoms. The van der Waals surface area contributed by atoms with Crippen LogP contribution in [0.3, 0.4) is 0 Å². The summed E-state index contributed by atoms with van der Waals surface area (Å²) in [5.74, 6) is 2.83. The molecule has 4 saturated heterocycles. The summed E-state index contributed by atoms with van der Waals surface area (Å²) in [5, 5.41) is 22.2. The van der Waals surface area contributed by atoms with Gasteiger partial charge in [0.1, 0.15) is 29.5 Å². The minimum absolute atomic E-state index is 0.0265. The molecule has 2 bridgehead atoms. The Labute approximate surface area is 276 Å². The number of hydrogen-bond donors (Lipinski definition) is 2. The van der Waals surface area contributed by atoms with Crippen molar-refractivity contribution in [1.29, 1.82) is 0 Å². The van der Waals surface area contributed by atoms with Gasteiger partial charge in [0.05, 0.1) is 28.3 Å². The van der Waals surface area contributed by atoms with Crippen LogP contribution >= 0.6 is 0 Å². The summed E-state index contributed by atoms with van der Waals surface area (Å²) in [6, 6.07) is 9.05. The number of benzene rings is 3. The zero-order chi connectivity index (χ0) is 32.7. The molecule has 4 aliphatic rings. The molecule has 6 heterocycles. The Kier molecular flexibility index (Phi) is 6.65. The first-order valence-corrected chi connectivity index (χ1v) is 16.6. The van der Waals surface area contributed by atoms with Gasteiger partial charge in [-0.1, -0.05) is 12.0 Å². The highest BCUT2D eigenvalue weighted by Gasteiger charge is 2.47. The van der Waals surface area contributed by atoms with Crippen molar-refractivity contribution >= 4 is 38.4 Å². The van der Waals surface area contributed by atoms with Gasteiger partial charge in [0, 0.05) is 61.3 Å². The van der Waals surface area contributed by atoms with Crippen LogP contribution < -0.4 is 15.0 Å². The first-order chi connectivity index (χ1) is 23.3. The summed E-state index contributed by atoms with van der Waals surface area (Å²) in [4.78, 5) is 14.8. The summed E-state index contributed by atoms with van der Waals surface area (Å²) >= 11 is 0. The Morgan fingerprint density at radius 3 is 2.77 bits per heavy atom. The zero-order valence-electron chi connectivity index (χ0n) is 26.6. The molecular formula is C37H35F2N7O2. The van der Waals surface area contributed by atoms with Crippen molar-refractivity contribution in [2.45, 2.75) is 49.7 Å². The molecule has 2 N–H and O–H groups in total. The molecule has 3 atom stereocenters. The van der Waals surface area contributed by atoms with Crippen LogP contribution in [0.1, 0.15) is 37.7 Å². The van der Waals surface area contributed by atoms with Crippen molar-refractivity contribution in [3.8, 4) is 35.2 Å². The van der Waals surface area contributed by atoms with Crippen LogP contribution in [0.25, 0.3) is 43.7 Å². The van der Waals surface area contributed by atoms with E-state index in [9.17, 15) is 9.50 Å². The Hall–Kier alpha value is -4.79. The number of aromatic hydroxyl groups is 1. The van der Waals surface area contributed by atoms with Crippen molar-refractivity contribution in [3.63, 3.8) is 0 Å². The maximum absolute atomic E-state index is 15.1. The Bertz CT molecular complexity index is 2210. The summed E-state index contributed by atoms with van der Waals surface area (Å²) in [6.45, 7) is 3.49. The highest BCUT2D eigenvalue weighted by atomic mass is 19.1. The first kappa shape index (κ1) is 29.4. The molecule has 244 valence electrons. The number of phenols is 1. The highest BCUT2D eigenvalue weighted by Crippen LogP contribution is 2.45. The van der Waals surface area contributed by atoms with E-state index >= 15 is 4.39 Å². The van der Waals surface area contributed by atoms with E-state index in [1.165, 1.54) is 6.07 Å². The maximum atomic E-state index is 15.1. The summed E-state index contributed by atoms with van der Waals surface area (Å²) in [7, 11) is 1.86. The molecule has 0 unspecified atom stereocenters. The fourth-order valence-electron chi connectivity index (χ4n) is 8.78. The van der Waals surface area contributed by atoms with Crippen LogP contribution in [0, 0.1) is 18.2 Å². The SMILES string of the molecule is C#Cc1c(F)ccc2cc(O)cc(-c3cc4nc(OC[C@@]56CCCN5C/C(=C\F)C6)nc(N5C[C@H]6CC[C@@H](C5)N6)c4c4cn(C)nc34)c12. The van der Waals surface area contributed by atoms with Gasteiger partial charge in [-0.05, 0) is 79.4 Å². The zero-order valence-corrected chi connectivity index (χ0v) is 26.6. The molecular weight excluding hydrogens is 612 g/mol. The van der Waals surface area contributed by atoms with Crippen LogP contribution in [0.2, 0.25) is 0 Å². The smallest absolute Gasteiger partial charge is 0.319 e. The van der Waals surface area contributed by atoms with Crippen LogP contribution in [-0.2, 0) is 7.05 Å². The van der Waals surface area contributed by atoms with E-state index in [-0.39, 0.29) is 22.9 Å². The van der Waals surface area contributed by atoms with E-state index in [1.54, 1.807) is 22.9 Å². The molecule has 48 heavy (non-hydrogen) atoms. The van der Waals surface area contributed by atoms with Crippen molar-refractivity contribution in [2.75, 3.05) is 37.7 Å². The molecule has 0 aliphatic carbocycles. The average Bonchev–Trinajstić information content (AvgIpc) is 3.84. The minimum Gasteiger partial charge on any atom is -0.508 e. The number of fused-ring (bicyclic) bond motifs is 7. The number of nitrogens with one attached hydrogen (secondary N) is 1. The van der Waals surface area contributed by atoms with Gasteiger partial charge in [0.25, 0.3) is 0 Å². The van der Waals surface area contributed by atoms with E-state index in [1.807, 2.05) is 19.3 Å². The number of phenolic OH excluding ortho intramolecular Hbond substituents is 1. The predicted molar refractivity (Wildman–Crippen MR) is 181 cm³/mol. The van der Waals surface area contributed by atoms with Crippen LogP contribution in [0.15, 0.2) is 48.4 Å². The Morgan fingerprint density at radius 2 is 1.98 bits per heavy atom. The van der Waals surface area contributed by atoms with Crippen LogP contribution in [-0.4, -0.2) is 80.2 Å². The second-order valence-corrected chi connectivity index (χ2v) is 13.9. The largest absolute Gasteiger partial charge is 0.508 e. The fraction of sp³-hybridized carbons (Fsp3) is 0.378. The molecule has 2 aromatic heterocycles. The first-order valence-electron chi connectivity index (χ1n) is 16.6. The number of piperazine rings is 1. The second-order valence-electron chi connectivity index (χ2n) is 13.9. The molecule has 0 saturated carbocycles. The monoisotopic (exact) mass is 647 g/mol. The van der Waals surface area contributed by atoms with Crippen LogP contribution in [0.4, 0.5) is 14.6 Å². The van der Waals surface area contributed by atoms with Gasteiger partial charge in [-0.15, -0.1) is 6.42 Å². The van der Waals surface area contributed by atoms with Gasteiger partial charge in [0.15, 0.2) is 0 Å². The van der Waals surface area contributed by atoms with Gasteiger partial charge < -0.3 is 20.1 Å². The van der Waals surface area contributed by atoms with Crippen molar-refractivity contribution in [2.24, 2.45) is 7.05 Å². The van der Waals surface area contributed by atoms with E-state index in [0.717, 1.165) is 73.8 Å². The Balaban J connectivity index is 1.26. The van der Waals surface area contributed by atoms with Gasteiger partial charge in [0.2, 0.25) is 0 Å². The second kappa shape index (κ2) is 10.9. The predicted octanol–water partition coefficient (Wildman–Crippen LogP) is 5.57. The summed E-state index contributed by atoms with van der Waals surface area (Å²) in [5.41, 5.74) is 3.16. The minimum atomic E-state index is -0.512. The Morgan fingerprint density at radius 1 is 1.15 bits per heavy atom. The van der Waals surface area contributed by atoms with Crippen molar-refractivity contribution in [3.05, 3.63) is 59.8 Å². The van der Waals surface area contributed by atoms with Crippen molar-refractivity contribution < 1.29 is 18.6 Å². The summed E-state index contributed by atoms with van der Waals surface area (Å²) in [6.07, 6.45) is 13.4. The number of nitrogens with zero attached hydrogens (tertiary/aromatic N) is 6. The van der Waals surface area contributed by atoms with Gasteiger partial charge in [-0.3, -0.25) is 9.58 Å². The summed E-state index contributed by atoms with van der Waals surface area (Å²) < 4.78 is 37.0. The molecule has 5 aromatic rings. The molecule has 0 amide bonds. The number of ether oxygens (including phenoxy) is 1. The van der Waals surface area contributed by atoms with E-state index in [4.69, 9.17) is 26.2 Å². The average molecular weight is 648 g/mol. The van der Waals surface area contributed by atoms with E-state index in [0.29, 0.717) is 64.6 Å². The van der Waals surface area contributed by atoms with E-state index in [2.05, 4.69) is 21.0 Å². The third-order valence-corrected chi connectivity index (χ3v) is 10.8. The third kappa shape index (κ3) is 4.54. The quantitative estimate of drug-likeness (QED) is 0.239. The molecule has 9 nitrogen and oxygen atoms in total. The fourth-order valence-corrected chi connectivity index (χ4v) is 8.78. The highest BCUT2D eigenvalue weighted by molar-refractivity contribution is 6.18. The number of anilines is 1. The molecule has 4 aliphatic heterocycles. The molecule has 3 aromatic carbocycles. The molecule has 0 radical (unpaired) electrons. The topological polar surface area (TPSA) is 91.6 Å². The van der Waals surface area contributed by atoms with Gasteiger partial charge >= 0.3 is 6.01 Å². The molecule has 9 rings (SSSR count).